The predicted molar refractivity (Wildman–Crippen MR) is 389 cm³/mol. The quantitative estimate of drug-likeness (QED) is 0.0198. The van der Waals surface area contributed by atoms with Crippen LogP contribution >= 0.6 is 0 Å². The van der Waals surface area contributed by atoms with Gasteiger partial charge in [0.2, 0.25) is 0 Å². The van der Waals surface area contributed by atoms with Gasteiger partial charge < -0.3 is 45.4 Å². The molecular formula is C80H142LiN5O3-2. The topological polar surface area (TPSA) is 95.5 Å². The molecule has 508 valence electrons. The molecule has 89 heavy (non-hydrogen) atoms. The average molecular weight is 1230 g/mol. The first kappa shape index (κ1) is 86.1. The molecule has 2 N–H and O–H groups in total. The summed E-state index contributed by atoms with van der Waals surface area (Å²) >= 11 is 0. The minimum atomic E-state index is -0.750. The van der Waals surface area contributed by atoms with Gasteiger partial charge in [-0.05, 0) is 143 Å². The van der Waals surface area contributed by atoms with Gasteiger partial charge in [0.1, 0.15) is 23.5 Å². The molecule has 0 atom stereocenters. The molecule has 3 rings (SSSR count). The second kappa shape index (κ2) is 63.8. The molecule has 0 aliphatic carbocycles. The number of hydrogen-bond donors (Lipinski definition) is 1. The molecule has 0 fully saturated rings. The van der Waals surface area contributed by atoms with Gasteiger partial charge in [-0.15, -0.1) is 0 Å². The predicted octanol–water partition coefficient (Wildman–Crippen LogP) is 21.9. The van der Waals surface area contributed by atoms with Crippen molar-refractivity contribution in [3.8, 4) is 0 Å². The van der Waals surface area contributed by atoms with Crippen LogP contribution in [0, 0.1) is 20.8 Å². The van der Waals surface area contributed by atoms with Gasteiger partial charge in [0.15, 0.2) is 5.82 Å². The Morgan fingerprint density at radius 1 is 0.506 bits per heavy atom. The Labute approximate surface area is 564 Å². The van der Waals surface area contributed by atoms with Crippen molar-refractivity contribution in [2.24, 2.45) is 0 Å². The zero-order valence-corrected chi connectivity index (χ0v) is 60.0. The number of fused-ring (bicyclic) bond motifs is 3. The Morgan fingerprint density at radius 2 is 0.888 bits per heavy atom. The van der Waals surface area contributed by atoms with E-state index in [0.29, 0.717) is 37.5 Å². The van der Waals surface area contributed by atoms with Crippen LogP contribution in [0.5, 0.6) is 0 Å². The maximum absolute atomic E-state index is 13.0. The van der Waals surface area contributed by atoms with Crippen LogP contribution in [0.25, 0.3) is 21.9 Å². The first-order chi connectivity index (χ1) is 43.1. The van der Waals surface area contributed by atoms with Gasteiger partial charge in [-0.25, -0.2) is 9.97 Å². The van der Waals surface area contributed by atoms with Crippen LogP contribution < -0.4 is 24.6 Å². The Kier molecular flexibility index (Phi) is 61.8. The number of carbonyl (C=O) groups excluding carboxylic acids is 1. The normalized spacial score (nSPS) is 11.8. The number of carbonyl (C=O) groups is 1. The number of nitrogens with two attached hydrogens (primary N) is 1. The van der Waals surface area contributed by atoms with Crippen LogP contribution in [0.1, 0.15) is 349 Å². The second-order valence-corrected chi connectivity index (χ2v) is 26.0. The molecule has 9 heteroatoms. The number of rotatable bonds is 58. The van der Waals surface area contributed by atoms with E-state index in [9.17, 15) is 4.79 Å². The zero-order valence-electron chi connectivity index (χ0n) is 60.0. The summed E-state index contributed by atoms with van der Waals surface area (Å²) in [4.78, 5) is 25.0. The number of ether oxygens (including phenoxy) is 2. The number of para-hydroxylation sites is 1. The number of benzene rings is 1. The van der Waals surface area contributed by atoms with Crippen LogP contribution in [0.2, 0.25) is 0 Å². The van der Waals surface area contributed by atoms with E-state index in [2.05, 4.69) is 92.4 Å². The number of nitrogens with zero attached hydrogens (tertiary/aromatic N) is 4. The minimum Gasteiger partial charge on any atom is -0.458 e. The molecular weight excluding hydrogens is 1090 g/mol. The molecule has 1 aromatic carbocycles. The number of anilines is 1. The van der Waals surface area contributed by atoms with Gasteiger partial charge in [-0.3, -0.25) is 4.79 Å². The third kappa shape index (κ3) is 49.4. The van der Waals surface area contributed by atoms with E-state index < -0.39 is 5.60 Å². The standard InChI is InChI=1S/C44H72N5O3.2C18H35.Li/c1-6-9-10-11-12-13-14-15-16-17-18-19-20-21-22-27-33-48(32-7-2)34-28-23-24-31-40(50)52-44(4,5)36-49-39(35-51-8-3)47-41-42(49)37-29-25-26-30-38(37)46-43(41)45;2*1-3-5-7-9-11-13-15-17-18-16-14-12-10-8-6-4-2;/h15-16,25-26,29-30H,2,6-14,17-24,27-28,31-36H2,1,3-5H3,(H2,45,46);2*17-18H,1,3-16H2,2H3;/q3*-1;+1/b16-15-;2*18-17-;. The summed E-state index contributed by atoms with van der Waals surface area (Å²) in [5, 5.41) is 0.963. The Hall–Kier alpha value is -2.89. The van der Waals surface area contributed by atoms with Crippen molar-refractivity contribution in [2.45, 2.75) is 362 Å². The Balaban J connectivity index is 0.00000171. The van der Waals surface area contributed by atoms with Crippen molar-refractivity contribution in [3.05, 3.63) is 87.3 Å². The Bertz CT molecular complexity index is 2020. The summed E-state index contributed by atoms with van der Waals surface area (Å²) in [7, 11) is 0. The first-order valence-corrected chi connectivity index (χ1v) is 37.5. The number of allylic oxidation sites excluding steroid dienone is 6. The fraction of sp³-hybridized carbons (Fsp3) is 0.750. The summed E-state index contributed by atoms with van der Waals surface area (Å²) in [5.74, 6) is 0.970. The molecule has 0 unspecified atom stereocenters. The molecule has 0 saturated heterocycles. The number of pyridine rings is 1. The smallest absolute Gasteiger partial charge is 0.458 e. The molecule has 8 nitrogen and oxygen atoms in total. The molecule has 0 radical (unpaired) electrons. The fourth-order valence-electron chi connectivity index (χ4n) is 11.6. The molecule has 0 bridgehead atoms. The summed E-state index contributed by atoms with van der Waals surface area (Å²) in [6, 6.07) is 7.92. The fourth-order valence-corrected chi connectivity index (χ4v) is 11.6. The van der Waals surface area contributed by atoms with E-state index in [-0.39, 0.29) is 24.8 Å². The molecule has 0 amide bonds. The Morgan fingerprint density at radius 3 is 1.29 bits per heavy atom. The van der Waals surface area contributed by atoms with E-state index in [0.717, 1.165) is 80.4 Å². The van der Waals surface area contributed by atoms with Gasteiger partial charge in [0, 0.05) is 18.4 Å². The summed E-state index contributed by atoms with van der Waals surface area (Å²) in [6.45, 7) is 29.2. The number of aromatic nitrogens is 3. The molecule has 2 heterocycles. The maximum Gasteiger partial charge on any atom is 1.00 e. The summed E-state index contributed by atoms with van der Waals surface area (Å²) in [6.07, 6.45) is 75.5. The summed E-state index contributed by atoms with van der Waals surface area (Å²) < 4.78 is 13.9. The molecule has 0 saturated carbocycles. The van der Waals surface area contributed by atoms with Gasteiger partial charge in [-0.1, -0.05) is 255 Å². The first-order valence-electron chi connectivity index (χ1n) is 37.5. The third-order valence-electron chi connectivity index (χ3n) is 16.9. The van der Waals surface area contributed by atoms with E-state index in [1.165, 1.54) is 257 Å². The molecule has 0 spiro atoms. The molecule has 0 aliphatic rings. The van der Waals surface area contributed by atoms with Crippen molar-refractivity contribution >= 4 is 33.7 Å². The minimum absolute atomic E-state index is 0. The van der Waals surface area contributed by atoms with E-state index in [1.807, 2.05) is 45.0 Å². The van der Waals surface area contributed by atoms with Crippen LogP contribution in [0.4, 0.5) is 5.82 Å². The van der Waals surface area contributed by atoms with Crippen molar-refractivity contribution in [3.63, 3.8) is 0 Å². The number of imidazole rings is 1. The van der Waals surface area contributed by atoms with Crippen molar-refractivity contribution < 1.29 is 33.1 Å². The van der Waals surface area contributed by atoms with E-state index >= 15 is 0 Å². The van der Waals surface area contributed by atoms with E-state index in [4.69, 9.17) is 20.2 Å². The van der Waals surface area contributed by atoms with Crippen molar-refractivity contribution in [2.75, 3.05) is 32.0 Å². The van der Waals surface area contributed by atoms with Crippen LogP contribution in [-0.4, -0.2) is 57.2 Å². The average Bonchev–Trinajstić information content (AvgIpc) is 1.97. The summed E-state index contributed by atoms with van der Waals surface area (Å²) in [5.41, 5.74) is 7.95. The van der Waals surface area contributed by atoms with Crippen molar-refractivity contribution in [1.29, 1.82) is 0 Å². The van der Waals surface area contributed by atoms with Gasteiger partial charge in [-0.2, -0.15) is 19.3 Å². The SMILES string of the molecule is [CH2-]CCCCCCC/C=C\CCCCCCCC.[CH2-]CCCCCCC/C=C\CCCCCCCC.[CH2-]CCN(CCCCCCCC/C=C\CCCCCCCC)CCCCCC(=O)OC(C)(C)Cn1c(COCC)nc2c(N)nc3ccccc3c21.[Li+]. The van der Waals surface area contributed by atoms with Gasteiger partial charge >= 0.3 is 24.8 Å². The number of esters is 1. The largest absolute Gasteiger partial charge is 1.00 e. The van der Waals surface area contributed by atoms with E-state index in [1.54, 1.807) is 0 Å². The monoisotopic (exact) mass is 1230 g/mol. The zero-order chi connectivity index (χ0) is 64.1. The van der Waals surface area contributed by atoms with Crippen LogP contribution in [-0.2, 0) is 27.4 Å². The van der Waals surface area contributed by atoms with Gasteiger partial charge in [0.25, 0.3) is 0 Å². The third-order valence-corrected chi connectivity index (χ3v) is 16.9. The second-order valence-electron chi connectivity index (χ2n) is 26.0. The molecule has 3 aromatic rings. The molecule has 0 aliphatic heterocycles. The van der Waals surface area contributed by atoms with Crippen LogP contribution in [0.3, 0.4) is 0 Å². The van der Waals surface area contributed by atoms with Gasteiger partial charge in [0.05, 0.1) is 17.6 Å². The number of unbranched alkanes of at least 4 members (excludes halogenated alkanes) is 38. The van der Waals surface area contributed by atoms with Crippen LogP contribution in [0.15, 0.2) is 60.7 Å². The van der Waals surface area contributed by atoms with Crippen molar-refractivity contribution in [1.82, 2.24) is 19.4 Å². The molecule has 2 aromatic heterocycles. The number of nitrogen functional groups attached to an aromatic ring is 1. The number of hydrogen-bond acceptors (Lipinski definition) is 7. The maximum atomic E-state index is 13.0.